The average molecular weight is 372 g/mol. The van der Waals surface area contributed by atoms with Gasteiger partial charge in [0.2, 0.25) is 5.91 Å². The summed E-state index contributed by atoms with van der Waals surface area (Å²) in [6.07, 6.45) is 2.96. The summed E-state index contributed by atoms with van der Waals surface area (Å²) in [5, 5.41) is 2.38. The van der Waals surface area contributed by atoms with E-state index in [1.54, 1.807) is 11.3 Å². The molecule has 0 spiro atoms. The van der Waals surface area contributed by atoms with Crippen LogP contribution in [-0.4, -0.2) is 10.5 Å². The van der Waals surface area contributed by atoms with Crippen LogP contribution in [0.2, 0.25) is 0 Å². The van der Waals surface area contributed by atoms with Crippen LogP contribution >= 0.6 is 11.3 Å². The first-order valence-corrected chi connectivity index (χ1v) is 9.81. The fraction of sp³-hybridized carbons (Fsp3) is 0.130. The van der Waals surface area contributed by atoms with Crippen LogP contribution in [0.15, 0.2) is 84.4 Å². The van der Waals surface area contributed by atoms with Gasteiger partial charge in [-0.15, -0.1) is 6.58 Å². The van der Waals surface area contributed by atoms with Crippen LogP contribution in [0.4, 0.5) is 0 Å². The number of fused-ring (bicyclic) bond motifs is 3. The molecule has 4 aromatic rings. The van der Waals surface area contributed by atoms with Gasteiger partial charge in [0.15, 0.2) is 4.80 Å². The summed E-state index contributed by atoms with van der Waals surface area (Å²) in [4.78, 5) is 17.7. The van der Waals surface area contributed by atoms with E-state index in [0.29, 0.717) is 19.4 Å². The lowest BCUT2D eigenvalue weighted by Crippen LogP contribution is -2.16. The molecule has 0 atom stereocenters. The van der Waals surface area contributed by atoms with Crippen LogP contribution in [0.25, 0.3) is 21.0 Å². The summed E-state index contributed by atoms with van der Waals surface area (Å²) in [5.74, 6) is -0.0903. The van der Waals surface area contributed by atoms with E-state index in [4.69, 9.17) is 0 Å². The summed E-state index contributed by atoms with van der Waals surface area (Å²) in [5.41, 5.74) is 2.25. The number of nitrogens with zero attached hydrogens (tertiary/aromatic N) is 2. The van der Waals surface area contributed by atoms with Gasteiger partial charge in [0.25, 0.3) is 0 Å². The van der Waals surface area contributed by atoms with Crippen LogP contribution in [0.5, 0.6) is 0 Å². The van der Waals surface area contributed by atoms with Gasteiger partial charge in [-0.2, -0.15) is 4.99 Å². The summed E-state index contributed by atoms with van der Waals surface area (Å²) in [6, 6.07) is 22.6. The first-order valence-electron chi connectivity index (χ1n) is 9.00. The molecule has 3 nitrogen and oxygen atoms in total. The van der Waals surface area contributed by atoms with E-state index in [1.165, 1.54) is 10.8 Å². The van der Waals surface area contributed by atoms with E-state index in [9.17, 15) is 4.79 Å². The van der Waals surface area contributed by atoms with Gasteiger partial charge in [0.05, 0.1) is 10.2 Å². The molecule has 0 aliphatic carbocycles. The van der Waals surface area contributed by atoms with Crippen molar-refractivity contribution < 1.29 is 4.79 Å². The topological polar surface area (TPSA) is 34.4 Å². The third kappa shape index (κ3) is 3.62. The molecule has 134 valence electrons. The number of rotatable bonds is 5. The maximum atomic E-state index is 12.5. The Morgan fingerprint density at radius 2 is 1.81 bits per heavy atom. The largest absolute Gasteiger partial charge is 0.312 e. The lowest BCUT2D eigenvalue weighted by Gasteiger charge is -2.03. The third-order valence-corrected chi connectivity index (χ3v) is 5.70. The van der Waals surface area contributed by atoms with Gasteiger partial charge >= 0.3 is 0 Å². The standard InChI is InChI=1S/C23H20N2OS/c1-2-16-25-20-14-13-18-10-6-7-11-19(18)22(20)27-23(25)24-21(26)15-12-17-8-4-3-5-9-17/h2-11,13-14H,1,12,15-16H2. The minimum atomic E-state index is -0.0903. The molecule has 27 heavy (non-hydrogen) atoms. The van der Waals surface area contributed by atoms with Gasteiger partial charge in [-0.25, -0.2) is 0 Å². The minimum Gasteiger partial charge on any atom is -0.312 e. The fourth-order valence-electron chi connectivity index (χ4n) is 3.25. The number of hydrogen-bond donors (Lipinski definition) is 0. The lowest BCUT2D eigenvalue weighted by atomic mass is 10.1. The van der Waals surface area contributed by atoms with E-state index in [2.05, 4.69) is 40.4 Å². The molecule has 4 heteroatoms. The van der Waals surface area contributed by atoms with Crippen molar-refractivity contribution in [3.63, 3.8) is 0 Å². The second-order valence-electron chi connectivity index (χ2n) is 6.41. The molecule has 0 aliphatic heterocycles. The Morgan fingerprint density at radius 3 is 2.63 bits per heavy atom. The van der Waals surface area contributed by atoms with Crippen molar-refractivity contribution in [2.24, 2.45) is 4.99 Å². The number of aromatic nitrogens is 1. The molecule has 1 amide bonds. The van der Waals surface area contributed by atoms with E-state index in [-0.39, 0.29) is 5.91 Å². The predicted octanol–water partition coefficient (Wildman–Crippen LogP) is 5.10. The quantitative estimate of drug-likeness (QED) is 0.449. The molecule has 1 aromatic heterocycles. The number of amides is 1. The smallest absolute Gasteiger partial charge is 0.248 e. The SMILES string of the molecule is C=CCn1c(=NC(=O)CCc2ccccc2)sc2c3ccccc3ccc21. The van der Waals surface area contributed by atoms with Gasteiger partial charge in [-0.05, 0) is 23.4 Å². The zero-order chi connectivity index (χ0) is 18.6. The Hall–Kier alpha value is -2.98. The molecular formula is C23H20N2OS. The minimum absolute atomic E-state index is 0.0903. The van der Waals surface area contributed by atoms with Crippen molar-refractivity contribution in [2.75, 3.05) is 0 Å². The second kappa shape index (κ2) is 7.72. The molecule has 0 fully saturated rings. The van der Waals surface area contributed by atoms with Crippen LogP contribution in [-0.2, 0) is 17.8 Å². The normalized spacial score (nSPS) is 11.9. The highest BCUT2D eigenvalue weighted by atomic mass is 32.1. The van der Waals surface area contributed by atoms with Crippen molar-refractivity contribution in [3.8, 4) is 0 Å². The lowest BCUT2D eigenvalue weighted by molar-refractivity contribution is -0.118. The van der Waals surface area contributed by atoms with Crippen molar-refractivity contribution in [3.05, 3.63) is 89.7 Å². The highest BCUT2D eigenvalue weighted by Gasteiger charge is 2.10. The molecule has 0 radical (unpaired) electrons. The molecule has 0 bridgehead atoms. The van der Waals surface area contributed by atoms with E-state index in [0.717, 1.165) is 20.6 Å². The zero-order valence-corrected chi connectivity index (χ0v) is 15.8. The Morgan fingerprint density at radius 1 is 1.04 bits per heavy atom. The Labute approximate surface area is 161 Å². The number of benzene rings is 3. The highest BCUT2D eigenvalue weighted by Crippen LogP contribution is 2.27. The van der Waals surface area contributed by atoms with Crippen molar-refractivity contribution in [1.82, 2.24) is 4.57 Å². The van der Waals surface area contributed by atoms with Crippen molar-refractivity contribution in [1.29, 1.82) is 0 Å². The summed E-state index contributed by atoms with van der Waals surface area (Å²) >= 11 is 1.57. The molecule has 0 saturated carbocycles. The molecule has 0 saturated heterocycles. The number of aryl methyl sites for hydroxylation is 1. The molecular weight excluding hydrogens is 352 g/mol. The first-order chi connectivity index (χ1) is 13.3. The van der Waals surface area contributed by atoms with E-state index < -0.39 is 0 Å². The number of carbonyl (C=O) groups excluding carboxylic acids is 1. The maximum Gasteiger partial charge on any atom is 0.248 e. The summed E-state index contributed by atoms with van der Waals surface area (Å²) < 4.78 is 3.23. The van der Waals surface area contributed by atoms with Gasteiger partial charge in [0, 0.05) is 18.4 Å². The fourth-order valence-corrected chi connectivity index (χ4v) is 4.44. The van der Waals surface area contributed by atoms with Gasteiger partial charge in [-0.1, -0.05) is 78.1 Å². The van der Waals surface area contributed by atoms with Gasteiger partial charge < -0.3 is 4.57 Å². The maximum absolute atomic E-state index is 12.5. The predicted molar refractivity (Wildman–Crippen MR) is 113 cm³/mol. The summed E-state index contributed by atoms with van der Waals surface area (Å²) in [7, 11) is 0. The molecule has 0 aliphatic rings. The second-order valence-corrected chi connectivity index (χ2v) is 7.39. The van der Waals surface area contributed by atoms with Gasteiger partial charge in [-0.3, -0.25) is 4.79 Å². The number of hydrogen-bond acceptors (Lipinski definition) is 2. The Bertz CT molecular complexity index is 1190. The molecule has 0 N–H and O–H groups in total. The van der Waals surface area contributed by atoms with Crippen LogP contribution < -0.4 is 4.80 Å². The van der Waals surface area contributed by atoms with Gasteiger partial charge in [0.1, 0.15) is 0 Å². The summed E-state index contributed by atoms with van der Waals surface area (Å²) in [6.45, 7) is 4.49. The van der Waals surface area contributed by atoms with Crippen molar-refractivity contribution >= 4 is 38.2 Å². The zero-order valence-electron chi connectivity index (χ0n) is 15.0. The van der Waals surface area contributed by atoms with Crippen molar-refractivity contribution in [2.45, 2.75) is 19.4 Å². The van der Waals surface area contributed by atoms with Crippen LogP contribution in [0.1, 0.15) is 12.0 Å². The van der Waals surface area contributed by atoms with E-state index in [1.807, 2.05) is 48.5 Å². The number of allylic oxidation sites excluding steroid dienone is 1. The number of thiazole rings is 1. The molecule has 3 aromatic carbocycles. The monoisotopic (exact) mass is 372 g/mol. The van der Waals surface area contributed by atoms with Crippen LogP contribution in [0, 0.1) is 0 Å². The third-order valence-electron chi connectivity index (χ3n) is 4.58. The first kappa shape index (κ1) is 17.4. The van der Waals surface area contributed by atoms with Crippen LogP contribution in [0.3, 0.4) is 0 Å². The molecule has 4 rings (SSSR count). The Kier molecular flexibility index (Phi) is 4.99. The Balaban J connectivity index is 1.74. The number of carbonyl (C=O) groups is 1. The van der Waals surface area contributed by atoms with E-state index >= 15 is 0 Å². The molecule has 0 unspecified atom stereocenters. The highest BCUT2D eigenvalue weighted by molar-refractivity contribution is 7.17. The molecule has 1 heterocycles. The average Bonchev–Trinajstić information content (AvgIpc) is 3.05.